The van der Waals surface area contributed by atoms with Crippen molar-refractivity contribution < 1.29 is 14.1 Å². The van der Waals surface area contributed by atoms with Crippen molar-refractivity contribution in [3.8, 4) is 17.1 Å². The van der Waals surface area contributed by atoms with Gasteiger partial charge in [0.25, 0.3) is 0 Å². The Bertz CT molecular complexity index is 862. The van der Waals surface area contributed by atoms with E-state index >= 15 is 0 Å². The Balaban J connectivity index is 1.64. The molecule has 0 fully saturated rings. The fourth-order valence-corrected chi connectivity index (χ4v) is 2.69. The highest BCUT2D eigenvalue weighted by atomic mass is 32.2. The minimum atomic E-state index is -0.205. The molecule has 0 saturated heterocycles. The zero-order chi connectivity index (χ0) is 17.6. The van der Waals surface area contributed by atoms with Crippen molar-refractivity contribution in [1.82, 2.24) is 10.1 Å². The van der Waals surface area contributed by atoms with Crippen LogP contribution in [0, 0.1) is 0 Å². The monoisotopic (exact) mass is 355 g/mol. The summed E-state index contributed by atoms with van der Waals surface area (Å²) in [5, 5.41) is 6.75. The molecule has 7 heteroatoms. The van der Waals surface area contributed by atoms with Crippen LogP contribution in [0.4, 0.5) is 5.69 Å². The normalized spacial score (nSPS) is 10.5. The van der Waals surface area contributed by atoms with Gasteiger partial charge in [-0.2, -0.15) is 4.98 Å². The second-order valence-electron chi connectivity index (χ2n) is 5.20. The lowest BCUT2D eigenvalue weighted by atomic mass is 10.2. The Hall–Kier alpha value is -2.80. The highest BCUT2D eigenvalue weighted by molar-refractivity contribution is 7.98. The number of aromatic nitrogens is 2. The third-order valence-electron chi connectivity index (χ3n) is 3.48. The molecule has 0 bridgehead atoms. The smallest absolute Gasteiger partial charge is 0.236 e. The molecule has 3 rings (SSSR count). The minimum absolute atomic E-state index is 0.0205. The zero-order valence-corrected chi connectivity index (χ0v) is 14.7. The molecule has 0 unspecified atom stereocenters. The Morgan fingerprint density at radius 3 is 2.76 bits per heavy atom. The predicted molar refractivity (Wildman–Crippen MR) is 96.8 cm³/mol. The van der Waals surface area contributed by atoms with Gasteiger partial charge in [0.1, 0.15) is 12.2 Å². The van der Waals surface area contributed by atoms with Gasteiger partial charge < -0.3 is 14.6 Å². The number of anilines is 1. The van der Waals surface area contributed by atoms with E-state index in [0.717, 1.165) is 21.9 Å². The van der Waals surface area contributed by atoms with E-state index in [1.807, 2.05) is 54.8 Å². The first-order valence-electron chi connectivity index (χ1n) is 7.59. The molecule has 3 aromatic rings. The van der Waals surface area contributed by atoms with E-state index in [-0.39, 0.29) is 18.2 Å². The summed E-state index contributed by atoms with van der Waals surface area (Å²) in [6.07, 6.45) is 2.01. The van der Waals surface area contributed by atoms with Gasteiger partial charge in [0.15, 0.2) is 0 Å². The Morgan fingerprint density at radius 2 is 2.04 bits per heavy atom. The summed E-state index contributed by atoms with van der Waals surface area (Å²) in [6, 6.07) is 14.9. The number of hydrogen-bond donors (Lipinski definition) is 1. The first kappa shape index (κ1) is 17.0. The van der Waals surface area contributed by atoms with E-state index in [1.165, 1.54) is 0 Å². The summed E-state index contributed by atoms with van der Waals surface area (Å²) >= 11 is 1.62. The number of hydrogen-bond acceptors (Lipinski definition) is 6. The van der Waals surface area contributed by atoms with E-state index in [1.54, 1.807) is 18.9 Å². The summed E-state index contributed by atoms with van der Waals surface area (Å²) in [6.45, 7) is 0. The van der Waals surface area contributed by atoms with Crippen molar-refractivity contribution in [2.24, 2.45) is 0 Å². The number of methoxy groups -OCH3 is 1. The summed E-state index contributed by atoms with van der Waals surface area (Å²) < 4.78 is 10.3. The molecular weight excluding hydrogens is 338 g/mol. The van der Waals surface area contributed by atoms with Gasteiger partial charge >= 0.3 is 0 Å². The molecule has 25 heavy (non-hydrogen) atoms. The third kappa shape index (κ3) is 4.39. The maximum Gasteiger partial charge on any atom is 0.236 e. The number of ether oxygens (including phenoxy) is 1. The van der Waals surface area contributed by atoms with Crippen LogP contribution in [-0.4, -0.2) is 29.4 Å². The number of nitrogens with one attached hydrogen (secondary N) is 1. The van der Waals surface area contributed by atoms with Gasteiger partial charge in [0.05, 0.1) is 7.11 Å². The van der Waals surface area contributed by atoms with Crippen molar-refractivity contribution >= 4 is 23.4 Å². The van der Waals surface area contributed by atoms with Crippen LogP contribution in [0.25, 0.3) is 11.4 Å². The van der Waals surface area contributed by atoms with Crippen LogP contribution in [0.2, 0.25) is 0 Å². The van der Waals surface area contributed by atoms with Crippen LogP contribution in [0.5, 0.6) is 5.75 Å². The number of carbonyl (C=O) groups excluding carboxylic acids is 1. The number of amides is 1. The summed E-state index contributed by atoms with van der Waals surface area (Å²) in [4.78, 5) is 17.5. The maximum atomic E-state index is 12.1. The quantitative estimate of drug-likeness (QED) is 0.680. The van der Waals surface area contributed by atoms with Crippen LogP contribution >= 0.6 is 11.8 Å². The fraction of sp³-hybridized carbons (Fsp3) is 0.167. The van der Waals surface area contributed by atoms with E-state index in [0.29, 0.717) is 5.82 Å². The number of benzene rings is 2. The first-order valence-corrected chi connectivity index (χ1v) is 8.81. The Labute approximate surface area is 149 Å². The minimum Gasteiger partial charge on any atom is -0.497 e. The molecule has 0 saturated carbocycles. The molecule has 2 aromatic carbocycles. The van der Waals surface area contributed by atoms with Crippen LogP contribution in [0.15, 0.2) is 57.9 Å². The fourth-order valence-electron chi connectivity index (χ4n) is 2.23. The van der Waals surface area contributed by atoms with E-state index in [2.05, 4.69) is 15.5 Å². The Morgan fingerprint density at radius 1 is 1.24 bits per heavy atom. The van der Waals surface area contributed by atoms with Gasteiger partial charge in [-0.15, -0.1) is 11.8 Å². The van der Waals surface area contributed by atoms with Crippen molar-refractivity contribution in [3.05, 3.63) is 54.4 Å². The molecule has 0 spiro atoms. The summed E-state index contributed by atoms with van der Waals surface area (Å²) in [7, 11) is 1.61. The average Bonchev–Trinajstić information content (AvgIpc) is 3.10. The highest BCUT2D eigenvalue weighted by Crippen LogP contribution is 2.21. The third-order valence-corrected chi connectivity index (χ3v) is 4.21. The van der Waals surface area contributed by atoms with Gasteiger partial charge in [-0.05, 0) is 48.7 Å². The van der Waals surface area contributed by atoms with Crippen molar-refractivity contribution in [2.45, 2.75) is 11.3 Å². The molecule has 0 aliphatic rings. The molecule has 1 heterocycles. The number of nitrogens with zero attached hydrogens (tertiary/aromatic N) is 2. The molecule has 0 aliphatic carbocycles. The first-order chi connectivity index (χ1) is 12.2. The second-order valence-corrected chi connectivity index (χ2v) is 6.08. The second kappa shape index (κ2) is 7.85. The van der Waals surface area contributed by atoms with Crippen molar-refractivity contribution in [3.63, 3.8) is 0 Å². The molecule has 1 aromatic heterocycles. The van der Waals surface area contributed by atoms with E-state index in [9.17, 15) is 4.79 Å². The molecule has 1 N–H and O–H groups in total. The number of thioether (sulfide) groups is 1. The lowest BCUT2D eigenvalue weighted by Gasteiger charge is -2.04. The lowest BCUT2D eigenvalue weighted by molar-refractivity contribution is -0.115. The van der Waals surface area contributed by atoms with E-state index < -0.39 is 0 Å². The summed E-state index contributed by atoms with van der Waals surface area (Å²) in [5.41, 5.74) is 1.54. The number of carbonyl (C=O) groups is 1. The molecule has 0 radical (unpaired) electrons. The van der Waals surface area contributed by atoms with Gasteiger partial charge in [-0.1, -0.05) is 11.2 Å². The van der Waals surface area contributed by atoms with Crippen molar-refractivity contribution in [2.75, 3.05) is 18.7 Å². The molecule has 6 nitrogen and oxygen atoms in total. The molecule has 1 amide bonds. The van der Waals surface area contributed by atoms with E-state index in [4.69, 9.17) is 9.26 Å². The standard InChI is InChI=1S/C18H17N3O3S/c1-23-14-8-6-12(7-9-14)18-20-17(24-21-18)11-16(22)19-13-4-3-5-15(10-13)25-2/h3-10H,11H2,1-2H3,(H,19,22). The van der Waals surface area contributed by atoms with Gasteiger partial charge in [-0.3, -0.25) is 4.79 Å². The van der Waals surface area contributed by atoms with Gasteiger partial charge in [-0.25, -0.2) is 0 Å². The SMILES string of the molecule is COc1ccc(-c2noc(CC(=O)Nc3cccc(SC)c3)n2)cc1. The summed E-state index contributed by atoms with van der Waals surface area (Å²) in [5.74, 6) is 1.25. The van der Waals surface area contributed by atoms with Crippen molar-refractivity contribution in [1.29, 1.82) is 0 Å². The van der Waals surface area contributed by atoms with Crippen LogP contribution in [-0.2, 0) is 11.2 Å². The largest absolute Gasteiger partial charge is 0.497 e. The lowest BCUT2D eigenvalue weighted by Crippen LogP contribution is -2.14. The molecular formula is C18H17N3O3S. The molecule has 0 atom stereocenters. The highest BCUT2D eigenvalue weighted by Gasteiger charge is 2.13. The predicted octanol–water partition coefficient (Wildman–Crippen LogP) is 3.65. The average molecular weight is 355 g/mol. The Kier molecular flexibility index (Phi) is 5.35. The van der Waals surface area contributed by atoms with Gasteiger partial charge in [0, 0.05) is 16.1 Å². The van der Waals surface area contributed by atoms with Crippen LogP contribution in [0.1, 0.15) is 5.89 Å². The maximum absolute atomic E-state index is 12.1. The molecule has 128 valence electrons. The van der Waals surface area contributed by atoms with Gasteiger partial charge in [0.2, 0.25) is 17.6 Å². The van der Waals surface area contributed by atoms with Crippen LogP contribution in [0.3, 0.4) is 0 Å². The molecule has 0 aliphatic heterocycles. The van der Waals surface area contributed by atoms with Crippen LogP contribution < -0.4 is 10.1 Å². The number of rotatable bonds is 6. The topological polar surface area (TPSA) is 77.2 Å². The zero-order valence-electron chi connectivity index (χ0n) is 13.9.